The Hall–Kier alpha value is -0.810. The zero-order valence-electron chi connectivity index (χ0n) is 13.1. The van der Waals surface area contributed by atoms with Crippen LogP contribution in [-0.4, -0.2) is 50.4 Å². The van der Waals surface area contributed by atoms with Crippen LogP contribution in [0.4, 0.5) is 0 Å². The molecular weight excluding hydrogens is 288 g/mol. The fourth-order valence-corrected chi connectivity index (χ4v) is 2.78. The Morgan fingerprint density at radius 1 is 1.48 bits per heavy atom. The van der Waals surface area contributed by atoms with Gasteiger partial charge in [-0.2, -0.15) is 0 Å². The summed E-state index contributed by atoms with van der Waals surface area (Å²) < 4.78 is 11.8. The van der Waals surface area contributed by atoms with Gasteiger partial charge in [0.05, 0.1) is 11.6 Å². The van der Waals surface area contributed by atoms with Crippen LogP contribution in [0.3, 0.4) is 0 Å². The average molecular weight is 313 g/mol. The summed E-state index contributed by atoms with van der Waals surface area (Å²) in [5, 5.41) is 3.79. The zero-order valence-corrected chi connectivity index (χ0v) is 13.8. The van der Waals surface area contributed by atoms with Crippen LogP contribution in [0.5, 0.6) is 5.75 Å². The summed E-state index contributed by atoms with van der Waals surface area (Å²) in [7, 11) is 1.91. The number of hydrogen-bond donors (Lipinski definition) is 1. The number of halogens is 1. The molecule has 0 amide bonds. The van der Waals surface area contributed by atoms with Crippen LogP contribution in [0.2, 0.25) is 5.02 Å². The van der Waals surface area contributed by atoms with E-state index in [0.29, 0.717) is 17.7 Å². The second-order valence-corrected chi connectivity index (χ2v) is 6.06. The van der Waals surface area contributed by atoms with Crippen LogP contribution in [0.1, 0.15) is 19.4 Å². The van der Waals surface area contributed by atoms with Gasteiger partial charge in [-0.1, -0.05) is 23.7 Å². The van der Waals surface area contributed by atoms with Crippen LogP contribution in [0.15, 0.2) is 18.2 Å². The quantitative estimate of drug-likeness (QED) is 0.875. The predicted molar refractivity (Wildman–Crippen MR) is 86.2 cm³/mol. The highest BCUT2D eigenvalue weighted by Crippen LogP contribution is 2.29. The van der Waals surface area contributed by atoms with E-state index >= 15 is 0 Å². The molecule has 1 fully saturated rings. The molecule has 1 saturated heterocycles. The number of rotatable bonds is 6. The first kappa shape index (κ1) is 16.6. The van der Waals surface area contributed by atoms with E-state index in [1.165, 1.54) is 0 Å². The van der Waals surface area contributed by atoms with Crippen molar-refractivity contribution in [3.05, 3.63) is 28.8 Å². The molecule has 4 nitrogen and oxygen atoms in total. The van der Waals surface area contributed by atoms with Gasteiger partial charge >= 0.3 is 0 Å². The van der Waals surface area contributed by atoms with Crippen molar-refractivity contribution >= 4 is 11.6 Å². The molecule has 1 aliphatic heterocycles. The van der Waals surface area contributed by atoms with Crippen molar-refractivity contribution < 1.29 is 9.47 Å². The third-order valence-electron chi connectivity index (χ3n) is 3.73. The number of hydrogen-bond acceptors (Lipinski definition) is 4. The molecule has 1 heterocycles. The minimum Gasteiger partial charge on any atom is -0.489 e. The molecule has 1 aliphatic rings. The van der Waals surface area contributed by atoms with Crippen molar-refractivity contribution in [2.24, 2.45) is 0 Å². The molecule has 0 saturated carbocycles. The lowest BCUT2D eigenvalue weighted by molar-refractivity contribution is -0.0565. The molecule has 5 heteroatoms. The number of ether oxygens (including phenoxy) is 2. The van der Waals surface area contributed by atoms with Crippen LogP contribution >= 0.6 is 11.6 Å². The van der Waals surface area contributed by atoms with Crippen molar-refractivity contribution in [1.82, 2.24) is 10.2 Å². The van der Waals surface area contributed by atoms with Gasteiger partial charge in [-0.3, -0.25) is 4.90 Å². The molecular formula is C16H25ClN2O2. The van der Waals surface area contributed by atoms with Gasteiger partial charge in [0.25, 0.3) is 0 Å². The summed E-state index contributed by atoms with van der Waals surface area (Å²) in [6.07, 6.45) is 0.0971. The number of morpholine rings is 1. The van der Waals surface area contributed by atoms with Gasteiger partial charge in [0.15, 0.2) is 0 Å². The summed E-state index contributed by atoms with van der Waals surface area (Å²) in [6.45, 7) is 8.35. The largest absolute Gasteiger partial charge is 0.489 e. The van der Waals surface area contributed by atoms with Gasteiger partial charge in [-0.15, -0.1) is 0 Å². The Bertz CT molecular complexity index is 454. The molecule has 2 rings (SSSR count). The molecule has 1 unspecified atom stereocenters. The second-order valence-electron chi connectivity index (χ2n) is 5.65. The first-order valence-corrected chi connectivity index (χ1v) is 7.90. The van der Waals surface area contributed by atoms with Crippen molar-refractivity contribution in [2.75, 3.05) is 33.4 Å². The summed E-state index contributed by atoms with van der Waals surface area (Å²) in [4.78, 5) is 2.42. The Kier molecular flexibility index (Phi) is 6.30. The molecule has 0 aliphatic carbocycles. The highest BCUT2D eigenvalue weighted by molar-refractivity contribution is 6.32. The molecule has 0 aromatic heterocycles. The smallest absolute Gasteiger partial charge is 0.142 e. The van der Waals surface area contributed by atoms with E-state index in [2.05, 4.69) is 24.1 Å². The SMILES string of the molecule is CNCc1cccc(Cl)c1OCC1CN(C(C)C)CCO1. The van der Waals surface area contributed by atoms with E-state index in [0.717, 1.165) is 37.6 Å². The zero-order chi connectivity index (χ0) is 15.2. The van der Waals surface area contributed by atoms with Crippen LogP contribution in [0.25, 0.3) is 0 Å². The molecule has 0 bridgehead atoms. The normalized spacial score (nSPS) is 20.0. The molecule has 0 spiro atoms. The van der Waals surface area contributed by atoms with E-state index in [-0.39, 0.29) is 6.10 Å². The van der Waals surface area contributed by atoms with Gasteiger partial charge in [0.2, 0.25) is 0 Å². The molecule has 118 valence electrons. The molecule has 1 aromatic rings. The Morgan fingerprint density at radius 2 is 2.29 bits per heavy atom. The summed E-state index contributed by atoms with van der Waals surface area (Å²) in [5.41, 5.74) is 1.07. The van der Waals surface area contributed by atoms with Crippen LogP contribution in [0, 0.1) is 0 Å². The maximum Gasteiger partial charge on any atom is 0.142 e. The maximum absolute atomic E-state index is 6.26. The van der Waals surface area contributed by atoms with Crippen molar-refractivity contribution in [2.45, 2.75) is 32.5 Å². The van der Waals surface area contributed by atoms with E-state index in [9.17, 15) is 0 Å². The number of benzene rings is 1. The maximum atomic E-state index is 6.26. The lowest BCUT2D eigenvalue weighted by Gasteiger charge is -2.35. The third kappa shape index (κ3) is 4.58. The highest BCUT2D eigenvalue weighted by Gasteiger charge is 2.23. The van der Waals surface area contributed by atoms with Crippen molar-refractivity contribution in [1.29, 1.82) is 0 Å². The fourth-order valence-electron chi connectivity index (χ4n) is 2.53. The van der Waals surface area contributed by atoms with Gasteiger partial charge in [-0.25, -0.2) is 0 Å². The summed E-state index contributed by atoms with van der Waals surface area (Å²) in [6, 6.07) is 6.37. The lowest BCUT2D eigenvalue weighted by atomic mass is 10.2. The molecule has 1 N–H and O–H groups in total. The van der Waals surface area contributed by atoms with Gasteiger partial charge in [0, 0.05) is 31.2 Å². The molecule has 1 atom stereocenters. The second kappa shape index (κ2) is 7.99. The number of nitrogens with one attached hydrogen (secondary N) is 1. The molecule has 0 radical (unpaired) electrons. The Balaban J connectivity index is 1.96. The highest BCUT2D eigenvalue weighted by atomic mass is 35.5. The first-order valence-electron chi connectivity index (χ1n) is 7.52. The number of para-hydroxylation sites is 1. The summed E-state index contributed by atoms with van der Waals surface area (Å²) in [5.74, 6) is 0.763. The van der Waals surface area contributed by atoms with E-state index in [1.54, 1.807) is 0 Å². The minimum absolute atomic E-state index is 0.0971. The van der Waals surface area contributed by atoms with Crippen molar-refractivity contribution in [3.8, 4) is 5.75 Å². The minimum atomic E-state index is 0.0971. The topological polar surface area (TPSA) is 33.7 Å². The predicted octanol–water partition coefficient (Wildman–Crippen LogP) is 2.55. The van der Waals surface area contributed by atoms with Crippen LogP contribution in [-0.2, 0) is 11.3 Å². The average Bonchev–Trinajstić information content (AvgIpc) is 2.47. The third-order valence-corrected chi connectivity index (χ3v) is 4.03. The van der Waals surface area contributed by atoms with Gasteiger partial charge in [0.1, 0.15) is 18.5 Å². The standard InChI is InChI=1S/C16H25ClN2O2/c1-12(2)19-7-8-20-14(10-19)11-21-16-13(9-18-3)5-4-6-15(16)17/h4-6,12,14,18H,7-11H2,1-3H3. The Morgan fingerprint density at radius 3 is 3.00 bits per heavy atom. The van der Waals surface area contributed by atoms with Gasteiger partial charge < -0.3 is 14.8 Å². The number of nitrogens with zero attached hydrogens (tertiary/aromatic N) is 1. The summed E-state index contributed by atoms with van der Waals surface area (Å²) >= 11 is 6.26. The van der Waals surface area contributed by atoms with E-state index < -0.39 is 0 Å². The Labute approximate surface area is 132 Å². The van der Waals surface area contributed by atoms with Gasteiger partial charge in [-0.05, 0) is 27.0 Å². The molecule has 1 aromatic carbocycles. The fraction of sp³-hybridized carbons (Fsp3) is 0.625. The van der Waals surface area contributed by atoms with E-state index in [1.807, 2.05) is 25.2 Å². The van der Waals surface area contributed by atoms with Crippen molar-refractivity contribution in [3.63, 3.8) is 0 Å². The van der Waals surface area contributed by atoms with Crippen LogP contribution < -0.4 is 10.1 Å². The lowest BCUT2D eigenvalue weighted by Crippen LogP contribution is -2.47. The first-order chi connectivity index (χ1) is 10.1. The monoisotopic (exact) mass is 312 g/mol. The molecule has 21 heavy (non-hydrogen) atoms. The van der Waals surface area contributed by atoms with E-state index in [4.69, 9.17) is 21.1 Å².